The van der Waals surface area contributed by atoms with E-state index in [1.54, 1.807) is 7.11 Å². The van der Waals surface area contributed by atoms with Gasteiger partial charge in [0, 0.05) is 11.5 Å². The second-order valence-electron chi connectivity index (χ2n) is 9.08. The summed E-state index contributed by atoms with van der Waals surface area (Å²) < 4.78 is 23.7. The molecule has 0 amide bonds. The van der Waals surface area contributed by atoms with E-state index in [0.717, 1.165) is 11.3 Å². The quantitative estimate of drug-likeness (QED) is 0.459. The van der Waals surface area contributed by atoms with Crippen LogP contribution in [0.15, 0.2) is 35.9 Å². The second-order valence-corrected chi connectivity index (χ2v) is 13.9. The van der Waals surface area contributed by atoms with Crippen LogP contribution in [0.3, 0.4) is 0 Å². The van der Waals surface area contributed by atoms with Crippen molar-refractivity contribution >= 4 is 8.32 Å². The fraction of sp³-hybridized carbons (Fsp3) is 0.636. The molecule has 5 heteroatoms. The van der Waals surface area contributed by atoms with Gasteiger partial charge in [-0.15, -0.1) is 0 Å². The predicted molar refractivity (Wildman–Crippen MR) is 113 cm³/mol. The van der Waals surface area contributed by atoms with Gasteiger partial charge in [-0.05, 0) is 37.2 Å². The molecule has 1 aliphatic rings. The Hall–Kier alpha value is -1.14. The largest absolute Gasteiger partial charge is 0.497 e. The summed E-state index contributed by atoms with van der Waals surface area (Å²) in [5.74, 6) is 1.14. The molecule has 1 heterocycles. The zero-order valence-electron chi connectivity index (χ0n) is 18.2. The van der Waals surface area contributed by atoms with Gasteiger partial charge in [0.05, 0.1) is 26.4 Å². The molecular formula is C22H36O4Si. The average Bonchev–Trinajstić information content (AvgIpc) is 2.61. The van der Waals surface area contributed by atoms with Crippen molar-refractivity contribution in [2.75, 3.05) is 20.3 Å². The van der Waals surface area contributed by atoms with Gasteiger partial charge in [0.1, 0.15) is 5.75 Å². The highest BCUT2D eigenvalue weighted by Gasteiger charge is 2.37. The molecule has 1 aliphatic heterocycles. The molecule has 0 spiro atoms. The lowest BCUT2D eigenvalue weighted by molar-refractivity contribution is -0.225. The van der Waals surface area contributed by atoms with Crippen molar-refractivity contribution in [2.24, 2.45) is 5.92 Å². The maximum Gasteiger partial charge on any atom is 0.192 e. The van der Waals surface area contributed by atoms with Gasteiger partial charge in [-0.25, -0.2) is 0 Å². The normalized spacial score (nSPS) is 24.7. The van der Waals surface area contributed by atoms with Gasteiger partial charge in [-0.2, -0.15) is 0 Å². The summed E-state index contributed by atoms with van der Waals surface area (Å²) in [4.78, 5) is 0. The van der Waals surface area contributed by atoms with E-state index in [0.29, 0.717) is 19.1 Å². The molecule has 3 atom stereocenters. The molecule has 0 saturated carbocycles. The van der Waals surface area contributed by atoms with Crippen molar-refractivity contribution in [3.63, 3.8) is 0 Å². The Morgan fingerprint density at radius 2 is 1.85 bits per heavy atom. The van der Waals surface area contributed by atoms with Crippen LogP contribution in [0.4, 0.5) is 0 Å². The lowest BCUT2D eigenvalue weighted by Crippen LogP contribution is -2.41. The van der Waals surface area contributed by atoms with E-state index in [2.05, 4.69) is 53.8 Å². The first-order valence-corrected chi connectivity index (χ1v) is 12.7. The first kappa shape index (κ1) is 22.1. The number of ether oxygens (including phenoxy) is 3. The Balaban J connectivity index is 2.01. The van der Waals surface area contributed by atoms with Crippen LogP contribution in [0.25, 0.3) is 0 Å². The molecule has 2 rings (SSSR count). The molecule has 0 aliphatic carbocycles. The van der Waals surface area contributed by atoms with E-state index < -0.39 is 8.32 Å². The van der Waals surface area contributed by atoms with Crippen LogP contribution in [0.5, 0.6) is 5.75 Å². The number of hydrogen-bond donors (Lipinski definition) is 0. The van der Waals surface area contributed by atoms with Gasteiger partial charge in [-0.1, -0.05) is 51.5 Å². The lowest BCUT2D eigenvalue weighted by atomic mass is 10.0. The summed E-state index contributed by atoms with van der Waals surface area (Å²) in [7, 11) is -0.0774. The van der Waals surface area contributed by atoms with Gasteiger partial charge < -0.3 is 18.6 Å². The standard InChI is InChI=1S/C22H36O4Si/c1-16(14-25-27(7,8)22(3,4)5)13-20-17(2)15-24-21(26-20)18-9-11-19(23-6)12-10-18/h9-13,17,20-21H,14-15H2,1-8H3/b16-13+/t17-,20+,21-/m1/s1. The molecule has 1 aromatic carbocycles. The molecule has 0 radical (unpaired) electrons. The van der Waals surface area contributed by atoms with E-state index in [4.69, 9.17) is 18.6 Å². The van der Waals surface area contributed by atoms with Crippen LogP contribution in [0.2, 0.25) is 18.1 Å². The molecule has 0 aromatic heterocycles. The Kier molecular flexibility index (Phi) is 7.31. The summed E-state index contributed by atoms with van der Waals surface area (Å²) >= 11 is 0. The molecule has 0 unspecified atom stereocenters. The third-order valence-electron chi connectivity index (χ3n) is 5.66. The van der Waals surface area contributed by atoms with Crippen molar-refractivity contribution in [3.05, 3.63) is 41.5 Å². The van der Waals surface area contributed by atoms with E-state index in [1.165, 1.54) is 5.57 Å². The van der Waals surface area contributed by atoms with E-state index in [1.807, 2.05) is 24.3 Å². The highest BCUT2D eigenvalue weighted by Crippen LogP contribution is 2.37. The summed E-state index contributed by atoms with van der Waals surface area (Å²) in [6.45, 7) is 17.0. The molecular weight excluding hydrogens is 356 g/mol. The van der Waals surface area contributed by atoms with Crippen molar-refractivity contribution in [1.82, 2.24) is 0 Å². The summed E-state index contributed by atoms with van der Waals surface area (Å²) in [5, 5.41) is 0.217. The Bertz CT molecular complexity index is 631. The smallest absolute Gasteiger partial charge is 0.192 e. The maximum atomic E-state index is 6.34. The van der Waals surface area contributed by atoms with E-state index in [9.17, 15) is 0 Å². The molecule has 1 saturated heterocycles. The van der Waals surface area contributed by atoms with Crippen molar-refractivity contribution < 1.29 is 18.6 Å². The first-order valence-electron chi connectivity index (χ1n) is 9.76. The lowest BCUT2D eigenvalue weighted by Gasteiger charge is -2.37. The highest BCUT2D eigenvalue weighted by atomic mass is 28.4. The van der Waals surface area contributed by atoms with Crippen LogP contribution in [0, 0.1) is 5.92 Å². The Morgan fingerprint density at radius 3 is 2.41 bits per heavy atom. The van der Waals surface area contributed by atoms with Crippen LogP contribution in [-0.4, -0.2) is 34.7 Å². The Labute approximate surface area is 166 Å². The van der Waals surface area contributed by atoms with Crippen LogP contribution >= 0.6 is 0 Å². The van der Waals surface area contributed by atoms with Crippen molar-refractivity contribution in [1.29, 1.82) is 0 Å². The van der Waals surface area contributed by atoms with Crippen molar-refractivity contribution in [3.8, 4) is 5.75 Å². The third-order valence-corrected chi connectivity index (χ3v) is 10.1. The predicted octanol–water partition coefficient (Wildman–Crippen LogP) is 5.71. The number of benzene rings is 1. The van der Waals surface area contributed by atoms with Crippen LogP contribution in [0.1, 0.15) is 46.5 Å². The van der Waals surface area contributed by atoms with E-state index >= 15 is 0 Å². The van der Waals surface area contributed by atoms with Gasteiger partial charge in [0.15, 0.2) is 14.6 Å². The highest BCUT2D eigenvalue weighted by molar-refractivity contribution is 6.74. The fourth-order valence-electron chi connectivity index (χ4n) is 2.63. The molecule has 0 N–H and O–H groups in total. The number of methoxy groups -OCH3 is 1. The van der Waals surface area contributed by atoms with Crippen LogP contribution in [-0.2, 0) is 13.9 Å². The zero-order valence-corrected chi connectivity index (χ0v) is 19.2. The fourth-order valence-corrected chi connectivity index (χ4v) is 3.65. The minimum Gasteiger partial charge on any atom is -0.497 e. The summed E-state index contributed by atoms with van der Waals surface area (Å²) in [6, 6.07) is 7.85. The molecule has 27 heavy (non-hydrogen) atoms. The second kappa shape index (κ2) is 8.91. The molecule has 0 bridgehead atoms. The minimum atomic E-state index is -1.74. The monoisotopic (exact) mass is 392 g/mol. The topological polar surface area (TPSA) is 36.9 Å². The summed E-state index contributed by atoms with van der Waals surface area (Å²) in [6.07, 6.45) is 1.88. The zero-order chi connectivity index (χ0) is 20.2. The Morgan fingerprint density at radius 1 is 1.22 bits per heavy atom. The number of rotatable bonds is 6. The average molecular weight is 393 g/mol. The number of hydrogen-bond acceptors (Lipinski definition) is 4. The van der Waals surface area contributed by atoms with Crippen molar-refractivity contribution in [2.45, 2.75) is 65.1 Å². The van der Waals surface area contributed by atoms with Gasteiger partial charge in [0.2, 0.25) is 0 Å². The summed E-state index contributed by atoms with van der Waals surface area (Å²) in [5.41, 5.74) is 2.23. The van der Waals surface area contributed by atoms with Gasteiger partial charge in [0.25, 0.3) is 0 Å². The maximum absolute atomic E-state index is 6.34. The molecule has 4 nitrogen and oxygen atoms in total. The van der Waals surface area contributed by atoms with Gasteiger partial charge >= 0.3 is 0 Å². The van der Waals surface area contributed by atoms with E-state index in [-0.39, 0.29) is 17.4 Å². The van der Waals surface area contributed by atoms with Gasteiger partial charge in [-0.3, -0.25) is 0 Å². The molecule has 1 fully saturated rings. The first-order chi connectivity index (χ1) is 12.5. The third kappa shape index (κ3) is 5.91. The molecule has 1 aromatic rings. The molecule has 152 valence electrons. The minimum absolute atomic E-state index is 0.0221. The SMILES string of the molecule is COc1ccc([C@@H]2OC[C@@H](C)[C@H](/C=C(\C)CO[Si](C)(C)C(C)(C)C)O2)cc1. The van der Waals surface area contributed by atoms with Crippen LogP contribution < -0.4 is 4.74 Å².